The molecule has 0 fully saturated rings. The summed E-state index contributed by atoms with van der Waals surface area (Å²) in [5.41, 5.74) is 1.15. The van der Waals surface area contributed by atoms with Gasteiger partial charge in [-0.2, -0.15) is 0 Å². The first-order chi connectivity index (χ1) is 15.2. The molecule has 170 valence electrons. The summed E-state index contributed by atoms with van der Waals surface area (Å²) < 4.78 is 35.4. The zero-order valence-electron chi connectivity index (χ0n) is 18.3. The molecule has 9 heteroatoms. The topological polar surface area (TPSA) is 107 Å². The van der Waals surface area contributed by atoms with E-state index in [4.69, 9.17) is 4.74 Å². The van der Waals surface area contributed by atoms with Crippen molar-refractivity contribution < 1.29 is 32.3 Å². The third-order valence-corrected chi connectivity index (χ3v) is 6.16. The Bertz CT molecular complexity index is 1140. The second-order valence-electron chi connectivity index (χ2n) is 6.91. The zero-order valence-corrected chi connectivity index (χ0v) is 19.1. The molecule has 0 bridgehead atoms. The van der Waals surface area contributed by atoms with Gasteiger partial charge in [0.2, 0.25) is 16.2 Å². The molecule has 0 aliphatic rings. The monoisotopic (exact) mass is 459 g/mol. The first kappa shape index (κ1) is 24.8. The van der Waals surface area contributed by atoms with Crippen LogP contribution in [0.2, 0.25) is 0 Å². The van der Waals surface area contributed by atoms with Gasteiger partial charge in [-0.25, -0.2) is 18.0 Å². The van der Waals surface area contributed by atoms with Crippen molar-refractivity contribution >= 4 is 33.9 Å². The second-order valence-corrected chi connectivity index (χ2v) is 8.70. The van der Waals surface area contributed by atoms with Crippen LogP contribution in [0.25, 0.3) is 0 Å². The number of aryl methyl sites for hydroxylation is 1. The molecule has 0 atom stereocenters. The number of carbonyl (C=O) groups is 3. The minimum absolute atomic E-state index is 0.0794. The number of ether oxygens (including phenoxy) is 2. The Kier molecular flexibility index (Phi) is 8.31. The molecule has 0 unspecified atom stereocenters. The van der Waals surface area contributed by atoms with Crippen LogP contribution in [0, 0.1) is 6.92 Å². The average Bonchev–Trinajstić information content (AvgIpc) is 2.78. The standard InChI is InChI=1S/C23H25NO7S/c1-5-6-18(14-32(28,29)19-10-7-16(2)8-11-19)24(15-25)21-12-9-17(22(26)30-3)13-20(21)23(27)31-4/h7-15H,5-6H2,1-4H3/b18-14+. The molecule has 32 heavy (non-hydrogen) atoms. The number of esters is 2. The fourth-order valence-corrected chi connectivity index (χ4v) is 4.25. The molecular formula is C23H25NO7S. The number of methoxy groups -OCH3 is 2. The summed E-state index contributed by atoms with van der Waals surface area (Å²) in [5, 5.41) is 1.02. The molecule has 2 aromatic carbocycles. The number of allylic oxidation sites excluding steroid dienone is 1. The predicted octanol–water partition coefficient (Wildman–Crippen LogP) is 3.65. The summed E-state index contributed by atoms with van der Waals surface area (Å²) >= 11 is 0. The summed E-state index contributed by atoms with van der Waals surface area (Å²) in [6.07, 6.45) is 1.20. The Morgan fingerprint density at radius 3 is 2.16 bits per heavy atom. The van der Waals surface area contributed by atoms with Crippen LogP contribution in [0.5, 0.6) is 0 Å². The summed E-state index contributed by atoms with van der Waals surface area (Å²) in [5.74, 6) is -1.47. The van der Waals surface area contributed by atoms with Crippen molar-refractivity contribution in [3.05, 3.63) is 70.3 Å². The Labute approximate surface area is 187 Å². The van der Waals surface area contributed by atoms with Crippen LogP contribution in [0.4, 0.5) is 5.69 Å². The number of benzene rings is 2. The van der Waals surface area contributed by atoms with E-state index in [0.29, 0.717) is 12.8 Å². The molecule has 0 aliphatic carbocycles. The lowest BCUT2D eigenvalue weighted by molar-refractivity contribution is -0.107. The van der Waals surface area contributed by atoms with Gasteiger partial charge in [0.05, 0.1) is 41.3 Å². The molecule has 0 N–H and O–H groups in total. The Hall–Kier alpha value is -3.46. The highest BCUT2D eigenvalue weighted by Gasteiger charge is 2.24. The van der Waals surface area contributed by atoms with E-state index in [0.717, 1.165) is 23.0 Å². The largest absolute Gasteiger partial charge is 0.465 e. The van der Waals surface area contributed by atoms with Crippen molar-refractivity contribution in [2.45, 2.75) is 31.6 Å². The van der Waals surface area contributed by atoms with Gasteiger partial charge < -0.3 is 9.47 Å². The van der Waals surface area contributed by atoms with Gasteiger partial charge in [0, 0.05) is 5.70 Å². The van der Waals surface area contributed by atoms with Gasteiger partial charge in [-0.3, -0.25) is 9.69 Å². The highest BCUT2D eigenvalue weighted by Crippen LogP contribution is 2.29. The summed E-state index contributed by atoms with van der Waals surface area (Å²) in [6, 6.07) is 10.3. The van der Waals surface area contributed by atoms with Crippen LogP contribution >= 0.6 is 0 Å². The number of hydrogen-bond acceptors (Lipinski definition) is 7. The minimum atomic E-state index is -3.88. The molecule has 8 nitrogen and oxygen atoms in total. The number of carbonyl (C=O) groups excluding carboxylic acids is 3. The maximum absolute atomic E-state index is 13.0. The third-order valence-electron chi connectivity index (χ3n) is 4.64. The maximum atomic E-state index is 13.0. The van der Waals surface area contributed by atoms with Crippen LogP contribution in [0.15, 0.2) is 58.5 Å². The second kappa shape index (κ2) is 10.7. The molecule has 0 radical (unpaired) electrons. The van der Waals surface area contributed by atoms with Crippen LogP contribution in [-0.2, 0) is 24.1 Å². The normalized spacial score (nSPS) is 11.6. The smallest absolute Gasteiger partial charge is 0.340 e. The first-order valence-corrected chi connectivity index (χ1v) is 11.3. The number of anilines is 1. The summed E-state index contributed by atoms with van der Waals surface area (Å²) in [7, 11) is -1.52. The fraction of sp³-hybridized carbons (Fsp3) is 0.261. The van der Waals surface area contributed by atoms with Crippen LogP contribution in [-0.4, -0.2) is 41.0 Å². The van der Waals surface area contributed by atoms with E-state index in [1.54, 1.807) is 12.1 Å². The van der Waals surface area contributed by atoms with E-state index >= 15 is 0 Å². The Morgan fingerprint density at radius 1 is 1.00 bits per heavy atom. The van der Waals surface area contributed by atoms with Gasteiger partial charge in [0.25, 0.3) is 0 Å². The lowest BCUT2D eigenvalue weighted by atomic mass is 10.1. The summed E-state index contributed by atoms with van der Waals surface area (Å²) in [6.45, 7) is 3.67. The zero-order chi connectivity index (χ0) is 23.9. The number of sulfone groups is 1. The van der Waals surface area contributed by atoms with Crippen LogP contribution in [0.3, 0.4) is 0 Å². The molecule has 0 spiro atoms. The van der Waals surface area contributed by atoms with E-state index < -0.39 is 21.8 Å². The third kappa shape index (κ3) is 5.61. The van der Waals surface area contributed by atoms with Gasteiger partial charge >= 0.3 is 11.9 Å². The minimum Gasteiger partial charge on any atom is -0.465 e. The highest BCUT2D eigenvalue weighted by molar-refractivity contribution is 7.94. The number of rotatable bonds is 9. The van der Waals surface area contributed by atoms with Gasteiger partial charge in [-0.15, -0.1) is 0 Å². The molecule has 0 heterocycles. The van der Waals surface area contributed by atoms with Gasteiger partial charge in [-0.1, -0.05) is 31.0 Å². The maximum Gasteiger partial charge on any atom is 0.340 e. The molecule has 2 rings (SSSR count). The van der Waals surface area contributed by atoms with Gasteiger partial charge in [-0.05, 0) is 43.7 Å². The van der Waals surface area contributed by atoms with E-state index in [2.05, 4.69) is 4.74 Å². The van der Waals surface area contributed by atoms with Gasteiger partial charge in [0.1, 0.15) is 0 Å². The highest BCUT2D eigenvalue weighted by atomic mass is 32.2. The van der Waals surface area contributed by atoms with E-state index in [9.17, 15) is 22.8 Å². The van der Waals surface area contributed by atoms with Crippen LogP contribution in [0.1, 0.15) is 46.0 Å². The SMILES string of the molecule is CCC/C(=C\S(=O)(=O)c1ccc(C)cc1)N(C=O)c1ccc(C(=O)OC)cc1C(=O)OC. The van der Waals surface area contributed by atoms with Crippen LogP contribution < -0.4 is 4.90 Å². The van der Waals surface area contributed by atoms with E-state index in [-0.39, 0.29) is 33.8 Å². The summed E-state index contributed by atoms with van der Waals surface area (Å²) in [4.78, 5) is 37.5. The number of hydrogen-bond donors (Lipinski definition) is 0. The number of nitrogens with zero attached hydrogens (tertiary/aromatic N) is 1. The molecule has 2 aromatic rings. The molecular weight excluding hydrogens is 434 g/mol. The Balaban J connectivity index is 2.65. The van der Waals surface area contributed by atoms with E-state index in [1.807, 2.05) is 13.8 Å². The molecule has 0 saturated heterocycles. The van der Waals surface area contributed by atoms with Gasteiger partial charge in [0.15, 0.2) is 0 Å². The van der Waals surface area contributed by atoms with Crippen molar-refractivity contribution in [3.63, 3.8) is 0 Å². The lowest BCUT2D eigenvalue weighted by Gasteiger charge is -2.23. The quantitative estimate of drug-likeness (QED) is 0.416. The number of amides is 1. The van der Waals surface area contributed by atoms with Crippen molar-refractivity contribution in [3.8, 4) is 0 Å². The first-order valence-electron chi connectivity index (χ1n) is 9.76. The van der Waals surface area contributed by atoms with Crippen molar-refractivity contribution in [2.75, 3.05) is 19.1 Å². The molecule has 0 aromatic heterocycles. The molecule has 1 amide bonds. The van der Waals surface area contributed by atoms with Crippen molar-refractivity contribution in [1.82, 2.24) is 0 Å². The average molecular weight is 460 g/mol. The Morgan fingerprint density at radius 2 is 1.62 bits per heavy atom. The van der Waals surface area contributed by atoms with E-state index in [1.165, 1.54) is 37.4 Å². The molecule has 0 saturated carbocycles. The lowest BCUT2D eigenvalue weighted by Crippen LogP contribution is -2.24. The predicted molar refractivity (Wildman–Crippen MR) is 119 cm³/mol. The fourth-order valence-electron chi connectivity index (χ4n) is 3.01. The van der Waals surface area contributed by atoms with Crippen molar-refractivity contribution in [1.29, 1.82) is 0 Å². The molecule has 0 aliphatic heterocycles. The van der Waals surface area contributed by atoms with Crippen molar-refractivity contribution in [2.24, 2.45) is 0 Å².